The Bertz CT molecular complexity index is 774. The van der Waals surface area contributed by atoms with Gasteiger partial charge in [-0.25, -0.2) is 17.1 Å². The van der Waals surface area contributed by atoms with Crippen molar-refractivity contribution < 1.29 is 22.2 Å². The summed E-state index contributed by atoms with van der Waals surface area (Å²) in [4.78, 5) is 5.25. The van der Waals surface area contributed by atoms with E-state index in [1.807, 2.05) is 84.9 Å². The molecule has 0 aliphatic heterocycles. The maximum Gasteiger partial charge on any atom is 0.123 e. The number of thiazole rings is 1. The van der Waals surface area contributed by atoms with E-state index in [2.05, 4.69) is 4.98 Å². The molecule has 1 N–H and O–H groups in total. The molecule has 0 radical (unpaired) electrons. The molecule has 0 aliphatic carbocycles. The second-order valence-corrected chi connectivity index (χ2v) is 6.08. The molecule has 0 amide bonds. The van der Waals surface area contributed by atoms with Gasteiger partial charge in [-0.3, -0.25) is 0 Å². The fraction of sp³-hybridized carbons (Fsp3) is 0.0500. The van der Waals surface area contributed by atoms with Crippen molar-refractivity contribution in [1.29, 1.82) is 0 Å². The Balaban J connectivity index is 0.000000300. The summed E-state index contributed by atoms with van der Waals surface area (Å²) >= 11 is 1.53. The van der Waals surface area contributed by atoms with Gasteiger partial charge in [-0.1, -0.05) is 36.4 Å². The minimum absolute atomic E-state index is 0. The Morgan fingerprint density at radius 3 is 2.25 bits per heavy atom. The molecule has 0 aliphatic rings. The van der Waals surface area contributed by atoms with E-state index >= 15 is 0 Å². The van der Waals surface area contributed by atoms with Crippen LogP contribution in [0.4, 0.5) is 0 Å². The maximum absolute atomic E-state index is 10.2. The van der Waals surface area contributed by atoms with Gasteiger partial charge in [0.15, 0.2) is 0 Å². The van der Waals surface area contributed by atoms with E-state index < -0.39 is 6.10 Å². The zero-order valence-corrected chi connectivity index (χ0v) is 14.8. The summed E-state index contributed by atoms with van der Waals surface area (Å²) in [6.45, 7) is 0. The summed E-state index contributed by atoms with van der Waals surface area (Å²) in [6, 6.07) is 27.7. The van der Waals surface area contributed by atoms with E-state index in [1.165, 1.54) is 11.3 Å². The van der Waals surface area contributed by atoms with Gasteiger partial charge in [0.1, 0.15) is 5.01 Å². The van der Waals surface area contributed by atoms with Crippen LogP contribution in [0, 0.1) is 0 Å². The Labute approximate surface area is 156 Å². The number of nitrogens with zero attached hydrogens (tertiary/aromatic N) is 1. The average molecular weight is 375 g/mol. The summed E-state index contributed by atoms with van der Waals surface area (Å²) in [5, 5.41) is 11.2. The van der Waals surface area contributed by atoms with Gasteiger partial charge in [-0.15, -0.1) is 11.3 Å². The monoisotopic (exact) mass is 375 g/mol. The molecule has 1 atom stereocenters. The van der Waals surface area contributed by atoms with E-state index in [-0.39, 0.29) is 17.1 Å². The standard InChI is InChI=1S/C15H12NOS.C5H5.Fe/c17-14(11-6-4-5-7-11)13-10-16-15(18-13)12-8-2-1-3-9-12;1-2-4-5-3-1;/h1-10,14,17H;1-5H;/q-5;-1;. The molecule has 4 aromatic rings. The van der Waals surface area contributed by atoms with Crippen LogP contribution >= 0.6 is 11.3 Å². The third-order valence-electron chi connectivity index (χ3n) is 3.37. The number of hydrogen-bond donors (Lipinski definition) is 1. The van der Waals surface area contributed by atoms with Gasteiger partial charge < -0.3 is 34.9 Å². The Hall–Kier alpha value is -1.97. The zero-order chi connectivity index (χ0) is 15.9. The van der Waals surface area contributed by atoms with Gasteiger partial charge >= 0.3 is 0 Å². The van der Waals surface area contributed by atoms with Crippen molar-refractivity contribution in [1.82, 2.24) is 4.98 Å². The van der Waals surface area contributed by atoms with Crippen molar-refractivity contribution in [2.75, 3.05) is 0 Å². The van der Waals surface area contributed by atoms with Crippen LogP contribution in [0.15, 0.2) is 91.1 Å². The molecule has 1 heterocycles. The van der Waals surface area contributed by atoms with Crippen molar-refractivity contribution in [3.63, 3.8) is 0 Å². The normalized spacial score (nSPS) is 11.0. The van der Waals surface area contributed by atoms with Gasteiger partial charge in [0, 0.05) is 33.7 Å². The van der Waals surface area contributed by atoms with Crippen LogP contribution in [0.25, 0.3) is 10.6 Å². The molecule has 4 rings (SSSR count). The van der Waals surface area contributed by atoms with E-state index in [4.69, 9.17) is 0 Å². The Morgan fingerprint density at radius 1 is 1.00 bits per heavy atom. The summed E-state index contributed by atoms with van der Waals surface area (Å²) in [5.74, 6) is 0. The molecular formula is C20H17FeNOS-6. The van der Waals surface area contributed by atoms with Gasteiger partial charge in [0.25, 0.3) is 0 Å². The van der Waals surface area contributed by atoms with Crippen LogP contribution < -0.4 is 0 Å². The minimum atomic E-state index is -0.574. The molecule has 4 heteroatoms. The largest absolute Gasteiger partial charge is 0.747 e. The molecule has 128 valence electrons. The first kappa shape index (κ1) is 18.4. The third kappa shape index (κ3) is 4.76. The van der Waals surface area contributed by atoms with Crippen LogP contribution in [0.1, 0.15) is 16.5 Å². The van der Waals surface area contributed by atoms with Crippen LogP contribution in [-0.2, 0) is 17.1 Å². The predicted octanol–water partition coefficient (Wildman–Crippen LogP) is 5.01. The molecule has 0 saturated carbocycles. The molecular weight excluding hydrogens is 358 g/mol. The summed E-state index contributed by atoms with van der Waals surface area (Å²) < 4.78 is 0. The molecule has 0 fully saturated rings. The average Bonchev–Trinajstić information content (AvgIpc) is 3.39. The number of benzene rings is 1. The Morgan fingerprint density at radius 2 is 1.67 bits per heavy atom. The smallest absolute Gasteiger partial charge is 0.123 e. The van der Waals surface area contributed by atoms with Crippen molar-refractivity contribution in [2.45, 2.75) is 6.10 Å². The number of hydrogen-bond acceptors (Lipinski definition) is 3. The van der Waals surface area contributed by atoms with E-state index in [0.717, 1.165) is 21.0 Å². The molecule has 1 aromatic heterocycles. The second-order valence-electron chi connectivity index (χ2n) is 5.02. The van der Waals surface area contributed by atoms with Crippen molar-refractivity contribution in [3.05, 3.63) is 102 Å². The van der Waals surface area contributed by atoms with E-state index in [9.17, 15) is 5.11 Å². The minimum Gasteiger partial charge on any atom is -0.747 e. The molecule has 1 unspecified atom stereocenters. The molecule has 2 nitrogen and oxygen atoms in total. The molecule has 3 aromatic carbocycles. The fourth-order valence-corrected chi connectivity index (χ4v) is 3.12. The molecule has 0 bridgehead atoms. The van der Waals surface area contributed by atoms with Crippen LogP contribution in [0.3, 0.4) is 0 Å². The van der Waals surface area contributed by atoms with Crippen LogP contribution in [-0.4, -0.2) is 10.1 Å². The van der Waals surface area contributed by atoms with E-state index in [1.54, 1.807) is 6.20 Å². The number of aliphatic hydroxyl groups is 1. The van der Waals surface area contributed by atoms with Crippen molar-refractivity contribution in [3.8, 4) is 10.6 Å². The number of aromatic nitrogens is 1. The summed E-state index contributed by atoms with van der Waals surface area (Å²) in [7, 11) is 0. The first-order chi connectivity index (χ1) is 11.3. The Kier molecular flexibility index (Phi) is 7.16. The first-order valence-electron chi connectivity index (χ1n) is 7.42. The molecule has 0 spiro atoms. The third-order valence-corrected chi connectivity index (χ3v) is 4.47. The van der Waals surface area contributed by atoms with Crippen LogP contribution in [0.5, 0.6) is 0 Å². The van der Waals surface area contributed by atoms with Crippen LogP contribution in [0.2, 0.25) is 0 Å². The molecule has 24 heavy (non-hydrogen) atoms. The van der Waals surface area contributed by atoms with Gasteiger partial charge in [-0.05, 0) is 0 Å². The summed E-state index contributed by atoms with van der Waals surface area (Å²) in [6.07, 6.45) is 1.18. The van der Waals surface area contributed by atoms with Crippen molar-refractivity contribution in [2.24, 2.45) is 0 Å². The maximum atomic E-state index is 10.2. The summed E-state index contributed by atoms with van der Waals surface area (Å²) in [5.41, 5.74) is 2.00. The van der Waals surface area contributed by atoms with Gasteiger partial charge in [0.05, 0.1) is 0 Å². The second kappa shape index (κ2) is 9.36. The fourth-order valence-electron chi connectivity index (χ4n) is 2.18. The van der Waals surface area contributed by atoms with Gasteiger partial charge in [0.2, 0.25) is 0 Å². The van der Waals surface area contributed by atoms with E-state index in [0.29, 0.717) is 0 Å². The predicted molar refractivity (Wildman–Crippen MR) is 95.7 cm³/mol. The topological polar surface area (TPSA) is 33.1 Å². The molecule has 0 saturated heterocycles. The van der Waals surface area contributed by atoms with Crippen molar-refractivity contribution >= 4 is 11.3 Å². The SMILES string of the molecule is OC(c1cnc(-c2ccccc2)s1)[c-]1[cH-][cH-][cH-][cH-]1.[Fe].c1cc[cH-]c1. The number of aliphatic hydroxyl groups excluding tert-OH is 1. The first-order valence-corrected chi connectivity index (χ1v) is 8.24. The zero-order valence-electron chi connectivity index (χ0n) is 12.9. The van der Waals surface area contributed by atoms with Gasteiger partial charge in [-0.2, -0.15) is 18.2 Å². The quantitative estimate of drug-likeness (QED) is 0.403. The number of rotatable bonds is 3.